The summed E-state index contributed by atoms with van der Waals surface area (Å²) < 4.78 is 13.5. The van der Waals surface area contributed by atoms with Crippen molar-refractivity contribution in [2.75, 3.05) is 26.3 Å². The maximum atomic E-state index is 12.5. The Balaban J connectivity index is 1.41. The van der Waals surface area contributed by atoms with Gasteiger partial charge in [0.15, 0.2) is 5.82 Å². The van der Waals surface area contributed by atoms with E-state index in [0.717, 1.165) is 55.9 Å². The number of piperidine rings is 1. The molecule has 41 heavy (non-hydrogen) atoms. The first-order valence-electron chi connectivity index (χ1n) is 15.4. The molecule has 0 spiro atoms. The molecule has 0 saturated carbocycles. The number of nitrogens with zero attached hydrogens (tertiary/aromatic N) is 3. The minimum Gasteiger partial charge on any atom is -0.489 e. The van der Waals surface area contributed by atoms with Crippen LogP contribution in [0.3, 0.4) is 0 Å². The van der Waals surface area contributed by atoms with Crippen molar-refractivity contribution in [2.45, 2.75) is 78.6 Å². The van der Waals surface area contributed by atoms with Crippen molar-refractivity contribution in [3.05, 3.63) is 76.2 Å². The van der Waals surface area contributed by atoms with E-state index in [0.29, 0.717) is 42.9 Å². The van der Waals surface area contributed by atoms with Gasteiger partial charge in [-0.05, 0) is 123 Å². The summed E-state index contributed by atoms with van der Waals surface area (Å²) in [7, 11) is 0. The summed E-state index contributed by atoms with van der Waals surface area (Å²) in [6.45, 7) is 11.5. The van der Waals surface area contributed by atoms with Gasteiger partial charge in [-0.15, -0.1) is 0 Å². The lowest BCUT2D eigenvalue weighted by Crippen LogP contribution is -2.27. The summed E-state index contributed by atoms with van der Waals surface area (Å²) in [6.07, 6.45) is 8.92. The Morgan fingerprint density at radius 3 is 2.66 bits per heavy atom. The van der Waals surface area contributed by atoms with Crippen LogP contribution in [0.2, 0.25) is 0 Å². The Kier molecular flexibility index (Phi) is 9.55. The Hall–Kier alpha value is -3.45. The molecule has 1 unspecified atom stereocenters. The molecule has 218 valence electrons. The number of pyridine rings is 1. The van der Waals surface area contributed by atoms with Crippen molar-refractivity contribution < 1.29 is 14.3 Å². The molecule has 7 heteroatoms. The first-order valence-corrected chi connectivity index (χ1v) is 15.4. The van der Waals surface area contributed by atoms with E-state index < -0.39 is 0 Å². The van der Waals surface area contributed by atoms with Gasteiger partial charge in [0.1, 0.15) is 17.9 Å². The molecule has 3 heterocycles. The molecule has 1 saturated heterocycles. The smallest absolute Gasteiger partial charge is 0.341 e. The quantitative estimate of drug-likeness (QED) is 0.280. The molecule has 1 atom stereocenters. The summed E-state index contributed by atoms with van der Waals surface area (Å²) in [4.78, 5) is 17.5. The third-order valence-corrected chi connectivity index (χ3v) is 8.67. The normalized spacial score (nSPS) is 18.0. The van der Waals surface area contributed by atoms with Gasteiger partial charge in [0.05, 0.1) is 24.2 Å². The molecule has 0 radical (unpaired) electrons. The van der Waals surface area contributed by atoms with Gasteiger partial charge in [0, 0.05) is 0 Å². The number of benzene rings is 1. The van der Waals surface area contributed by atoms with E-state index in [1.807, 2.05) is 26.0 Å². The predicted octanol–water partition coefficient (Wildman–Crippen LogP) is 6.69. The lowest BCUT2D eigenvalue weighted by atomic mass is 9.82. The number of ether oxygens (including phenoxy) is 2. The molecule has 1 aliphatic carbocycles. The molecule has 0 bridgehead atoms. The lowest BCUT2D eigenvalue weighted by Gasteiger charge is -2.27. The summed E-state index contributed by atoms with van der Waals surface area (Å²) >= 11 is 0. The molecule has 1 aliphatic heterocycles. The Labute approximate surface area is 244 Å². The van der Waals surface area contributed by atoms with E-state index in [4.69, 9.17) is 14.5 Å². The fourth-order valence-electron chi connectivity index (χ4n) is 6.41. The van der Waals surface area contributed by atoms with Gasteiger partial charge in [-0.2, -0.15) is 5.10 Å². The van der Waals surface area contributed by atoms with E-state index in [1.165, 1.54) is 35.1 Å². The Morgan fingerprint density at radius 1 is 1.07 bits per heavy atom. The zero-order valence-electron chi connectivity index (χ0n) is 25.0. The summed E-state index contributed by atoms with van der Waals surface area (Å²) in [6, 6.07) is 12.8. The summed E-state index contributed by atoms with van der Waals surface area (Å²) in [5, 5.41) is 8.00. The number of aromatic nitrogens is 3. The fraction of sp³-hybridized carbons (Fsp3) is 0.500. The van der Waals surface area contributed by atoms with Crippen LogP contribution < -0.4 is 10.1 Å². The second-order valence-electron chi connectivity index (χ2n) is 11.2. The molecule has 1 N–H and O–H groups in total. The molecule has 2 aliphatic rings. The zero-order chi connectivity index (χ0) is 28.8. The number of carbonyl (C=O) groups is 1. The van der Waals surface area contributed by atoms with Crippen LogP contribution in [0.1, 0.15) is 98.6 Å². The number of nitrogens with one attached hydrogen (secondary N) is 1. The second-order valence-corrected chi connectivity index (χ2v) is 11.2. The van der Waals surface area contributed by atoms with Gasteiger partial charge in [-0.3, -0.25) is 0 Å². The van der Waals surface area contributed by atoms with E-state index in [1.54, 1.807) is 10.9 Å². The molecule has 0 amide bonds. The van der Waals surface area contributed by atoms with Gasteiger partial charge >= 0.3 is 5.97 Å². The van der Waals surface area contributed by atoms with E-state index in [-0.39, 0.29) is 5.97 Å². The lowest BCUT2D eigenvalue weighted by molar-refractivity contribution is 0.0525. The predicted molar refractivity (Wildman–Crippen MR) is 163 cm³/mol. The molecule has 5 rings (SSSR count). The highest BCUT2D eigenvalue weighted by Crippen LogP contribution is 2.37. The van der Waals surface area contributed by atoms with Gasteiger partial charge in [0.2, 0.25) is 0 Å². The van der Waals surface area contributed by atoms with Gasteiger partial charge in [-0.25, -0.2) is 14.5 Å². The standard InChI is InChI=1S/C34H44N4O3/c1-5-24-20-26(14-15-27(24)25-16-18-35-19-17-25)41-22-30-23(4)10-8-11-28(30)31-12-9-13-33(37-31)38-32(6-2)29(21-36-38)34(39)40-7-3/h9,12-15,20-21,23,25,35H,5-8,10-11,16-19,22H2,1-4H3. The highest BCUT2D eigenvalue weighted by molar-refractivity contribution is 5.90. The van der Waals surface area contributed by atoms with E-state index >= 15 is 0 Å². The maximum Gasteiger partial charge on any atom is 0.341 e. The molecular weight excluding hydrogens is 512 g/mol. The number of esters is 1. The molecule has 1 fully saturated rings. The molecular formula is C34H44N4O3. The zero-order valence-corrected chi connectivity index (χ0v) is 25.0. The Morgan fingerprint density at radius 2 is 1.90 bits per heavy atom. The van der Waals surface area contributed by atoms with Crippen LogP contribution in [0, 0.1) is 5.92 Å². The highest BCUT2D eigenvalue weighted by Gasteiger charge is 2.24. The topological polar surface area (TPSA) is 78.3 Å². The number of hydrogen-bond donors (Lipinski definition) is 1. The van der Waals surface area contributed by atoms with Crippen molar-refractivity contribution in [3.63, 3.8) is 0 Å². The molecule has 3 aromatic rings. The van der Waals surface area contributed by atoms with Gasteiger partial charge in [-0.1, -0.05) is 32.9 Å². The van der Waals surface area contributed by atoms with Crippen LogP contribution in [-0.2, 0) is 17.6 Å². The third-order valence-electron chi connectivity index (χ3n) is 8.67. The monoisotopic (exact) mass is 556 g/mol. The first-order chi connectivity index (χ1) is 20.0. The number of rotatable bonds is 10. The van der Waals surface area contributed by atoms with E-state index in [2.05, 4.69) is 48.5 Å². The number of carbonyl (C=O) groups excluding carboxylic acids is 1. The fourth-order valence-corrected chi connectivity index (χ4v) is 6.41. The minimum absolute atomic E-state index is 0.334. The second kappa shape index (κ2) is 13.5. The minimum atomic E-state index is -0.343. The first kappa shape index (κ1) is 29.1. The van der Waals surface area contributed by atoms with E-state index in [9.17, 15) is 4.79 Å². The van der Waals surface area contributed by atoms with Crippen LogP contribution in [0.5, 0.6) is 5.75 Å². The molecule has 2 aromatic heterocycles. The molecule has 1 aromatic carbocycles. The number of aryl methyl sites for hydroxylation is 1. The van der Waals surface area contributed by atoms with Crippen molar-refractivity contribution in [1.29, 1.82) is 0 Å². The average molecular weight is 557 g/mol. The number of hydrogen-bond acceptors (Lipinski definition) is 6. The largest absolute Gasteiger partial charge is 0.489 e. The van der Waals surface area contributed by atoms with Gasteiger partial charge in [0.25, 0.3) is 0 Å². The maximum absolute atomic E-state index is 12.5. The molecule has 7 nitrogen and oxygen atoms in total. The van der Waals surface area contributed by atoms with Crippen molar-refractivity contribution in [3.8, 4) is 11.6 Å². The van der Waals surface area contributed by atoms with Crippen molar-refractivity contribution >= 4 is 11.5 Å². The number of allylic oxidation sites excluding steroid dienone is 1. The SMILES string of the molecule is CCOC(=O)c1cnn(-c2cccc(C3=C(COc4ccc(C5CCNCC5)c(CC)c4)C(C)CCC3)n2)c1CC. The van der Waals surface area contributed by atoms with Crippen LogP contribution in [0.15, 0.2) is 48.2 Å². The summed E-state index contributed by atoms with van der Waals surface area (Å²) in [5.74, 6) is 2.38. The Bertz CT molecular complexity index is 1390. The third kappa shape index (κ3) is 6.40. The van der Waals surface area contributed by atoms with Crippen molar-refractivity contribution in [1.82, 2.24) is 20.1 Å². The van der Waals surface area contributed by atoms with Crippen LogP contribution in [-0.4, -0.2) is 47.0 Å². The highest BCUT2D eigenvalue weighted by atomic mass is 16.5. The van der Waals surface area contributed by atoms with Crippen LogP contribution in [0.4, 0.5) is 0 Å². The van der Waals surface area contributed by atoms with Crippen LogP contribution >= 0.6 is 0 Å². The van der Waals surface area contributed by atoms with Crippen molar-refractivity contribution in [2.24, 2.45) is 5.92 Å². The summed E-state index contributed by atoms with van der Waals surface area (Å²) in [5.41, 5.74) is 7.75. The average Bonchev–Trinajstić information content (AvgIpc) is 3.45. The van der Waals surface area contributed by atoms with Gasteiger partial charge < -0.3 is 14.8 Å². The van der Waals surface area contributed by atoms with Crippen LogP contribution in [0.25, 0.3) is 11.4 Å².